The Hall–Kier alpha value is -0.980. The summed E-state index contributed by atoms with van der Waals surface area (Å²) in [4.78, 5) is 0. The average Bonchev–Trinajstić information content (AvgIpc) is 2.01. The Morgan fingerprint density at radius 1 is 1.45 bits per heavy atom. The van der Waals surface area contributed by atoms with Crippen molar-refractivity contribution >= 4 is 0 Å². The largest absolute Gasteiger partial charge is 0.508 e. The minimum Gasteiger partial charge on any atom is -0.508 e. The lowest BCUT2D eigenvalue weighted by molar-refractivity contribution is 0.474. The fraction of sp³-hybridized carbons (Fsp3) is 0.400. The van der Waals surface area contributed by atoms with E-state index in [0.717, 1.165) is 6.42 Å². The Bertz CT molecular complexity index is 218. The van der Waals surface area contributed by atoms with Crippen molar-refractivity contribution in [3.05, 3.63) is 29.8 Å². The lowest BCUT2D eigenvalue weighted by atomic mass is 10.1. The number of phenolic OH excluding ortho intramolecular Hbond substituents is 1. The van der Waals surface area contributed by atoms with Gasteiger partial charge in [0.25, 0.3) is 0 Å². The topological polar surface area (TPSA) is 20.2 Å². The van der Waals surface area contributed by atoms with Gasteiger partial charge in [-0.1, -0.05) is 19.4 Å². The summed E-state index contributed by atoms with van der Waals surface area (Å²) in [5.41, 5.74) is 1.17. The second kappa shape index (κ2) is 4.02. The van der Waals surface area contributed by atoms with Gasteiger partial charge in [-0.15, -0.1) is 0 Å². The van der Waals surface area contributed by atoms with E-state index in [1.807, 2.05) is 6.07 Å². The van der Waals surface area contributed by atoms with Crippen LogP contribution in [0.15, 0.2) is 18.2 Å². The van der Waals surface area contributed by atoms with Crippen LogP contribution in [0.25, 0.3) is 0 Å². The molecule has 0 aliphatic carbocycles. The maximum atomic E-state index is 9.08. The van der Waals surface area contributed by atoms with Gasteiger partial charge in [0.1, 0.15) is 5.75 Å². The minimum atomic E-state index is 0.318. The zero-order valence-corrected chi connectivity index (χ0v) is 6.80. The van der Waals surface area contributed by atoms with Gasteiger partial charge in [-0.25, -0.2) is 0 Å². The van der Waals surface area contributed by atoms with Crippen LogP contribution in [-0.2, 0) is 6.42 Å². The molecule has 0 fully saturated rings. The molecule has 0 bridgehead atoms. The Kier molecular flexibility index (Phi) is 2.96. The highest BCUT2D eigenvalue weighted by Gasteiger charge is 1.92. The van der Waals surface area contributed by atoms with Crippen LogP contribution in [0, 0.1) is 6.07 Å². The molecule has 1 aromatic carbocycles. The van der Waals surface area contributed by atoms with Crippen LogP contribution in [0.1, 0.15) is 25.3 Å². The van der Waals surface area contributed by atoms with Crippen LogP contribution in [0.5, 0.6) is 5.75 Å². The van der Waals surface area contributed by atoms with Gasteiger partial charge in [-0.3, -0.25) is 0 Å². The third kappa shape index (κ3) is 2.62. The Morgan fingerprint density at radius 2 is 2.27 bits per heavy atom. The first-order valence-corrected chi connectivity index (χ1v) is 4.02. The second-order valence-corrected chi connectivity index (χ2v) is 2.70. The molecule has 0 aliphatic heterocycles. The van der Waals surface area contributed by atoms with Gasteiger partial charge in [-0.05, 0) is 36.6 Å². The lowest BCUT2D eigenvalue weighted by Gasteiger charge is -1.98. The highest BCUT2D eigenvalue weighted by Crippen LogP contribution is 2.12. The molecular weight excluding hydrogens is 136 g/mol. The van der Waals surface area contributed by atoms with Crippen LogP contribution in [0.4, 0.5) is 0 Å². The van der Waals surface area contributed by atoms with E-state index in [1.54, 1.807) is 12.1 Å². The molecule has 1 heteroatoms. The summed E-state index contributed by atoms with van der Waals surface area (Å²) in [6.07, 6.45) is 3.41. The molecule has 1 radical (unpaired) electrons. The number of phenols is 1. The minimum absolute atomic E-state index is 0.318. The van der Waals surface area contributed by atoms with Crippen molar-refractivity contribution in [2.45, 2.75) is 26.2 Å². The molecular formula is C10H13O. The molecule has 0 amide bonds. The first-order chi connectivity index (χ1) is 5.33. The standard InChI is InChI=1S/C10H13O/c1-2-3-5-9-6-4-7-10(11)8-9/h6-8,11H,2-3,5H2,1H3. The van der Waals surface area contributed by atoms with E-state index < -0.39 is 0 Å². The summed E-state index contributed by atoms with van der Waals surface area (Å²) in [5.74, 6) is 0.318. The summed E-state index contributed by atoms with van der Waals surface area (Å²) in [5, 5.41) is 9.08. The van der Waals surface area contributed by atoms with Crippen molar-refractivity contribution < 1.29 is 5.11 Å². The molecule has 1 aromatic rings. The Morgan fingerprint density at radius 3 is 2.91 bits per heavy atom. The molecule has 59 valence electrons. The van der Waals surface area contributed by atoms with Crippen molar-refractivity contribution in [2.75, 3.05) is 0 Å². The third-order valence-electron chi connectivity index (χ3n) is 1.65. The molecule has 11 heavy (non-hydrogen) atoms. The molecule has 0 aromatic heterocycles. The summed E-state index contributed by atoms with van der Waals surface area (Å²) in [7, 11) is 0. The number of aromatic hydroxyl groups is 1. The fourth-order valence-corrected chi connectivity index (χ4v) is 1.03. The SMILES string of the molecule is CCCCc1c[c]cc(O)c1. The predicted octanol–water partition coefficient (Wildman–Crippen LogP) is 2.53. The van der Waals surface area contributed by atoms with Gasteiger partial charge in [0.2, 0.25) is 0 Å². The van der Waals surface area contributed by atoms with Gasteiger partial charge in [0.15, 0.2) is 0 Å². The fourth-order valence-electron chi connectivity index (χ4n) is 1.03. The van der Waals surface area contributed by atoms with Gasteiger partial charge >= 0.3 is 0 Å². The lowest BCUT2D eigenvalue weighted by Crippen LogP contribution is -1.82. The number of unbranched alkanes of at least 4 members (excludes halogenated alkanes) is 1. The maximum Gasteiger partial charge on any atom is 0.116 e. The van der Waals surface area contributed by atoms with Gasteiger partial charge in [-0.2, -0.15) is 0 Å². The molecule has 0 saturated carbocycles. The van der Waals surface area contributed by atoms with Crippen LogP contribution >= 0.6 is 0 Å². The van der Waals surface area contributed by atoms with Crippen molar-refractivity contribution in [1.29, 1.82) is 0 Å². The van der Waals surface area contributed by atoms with E-state index in [0.29, 0.717) is 5.75 Å². The van der Waals surface area contributed by atoms with E-state index in [-0.39, 0.29) is 0 Å². The molecule has 1 rings (SSSR count). The monoisotopic (exact) mass is 149 g/mol. The molecule has 0 unspecified atom stereocenters. The normalized spacial score (nSPS) is 9.91. The summed E-state index contributed by atoms with van der Waals surface area (Å²) in [6, 6.07) is 8.19. The molecule has 0 spiro atoms. The van der Waals surface area contributed by atoms with Crippen molar-refractivity contribution in [3.63, 3.8) is 0 Å². The zero-order chi connectivity index (χ0) is 8.10. The van der Waals surface area contributed by atoms with Crippen LogP contribution in [0.2, 0.25) is 0 Å². The quantitative estimate of drug-likeness (QED) is 0.700. The summed E-state index contributed by atoms with van der Waals surface area (Å²) >= 11 is 0. The number of rotatable bonds is 3. The van der Waals surface area contributed by atoms with Crippen molar-refractivity contribution in [2.24, 2.45) is 0 Å². The Labute approximate surface area is 67.7 Å². The molecule has 0 saturated heterocycles. The molecule has 1 N–H and O–H groups in total. The van der Waals surface area contributed by atoms with Gasteiger partial charge in [0, 0.05) is 0 Å². The number of hydrogen-bond donors (Lipinski definition) is 1. The first-order valence-electron chi connectivity index (χ1n) is 4.02. The second-order valence-electron chi connectivity index (χ2n) is 2.70. The molecule has 1 nitrogen and oxygen atoms in total. The number of benzene rings is 1. The predicted molar refractivity (Wildman–Crippen MR) is 45.6 cm³/mol. The van der Waals surface area contributed by atoms with E-state index in [9.17, 15) is 0 Å². The highest BCUT2D eigenvalue weighted by molar-refractivity contribution is 5.26. The molecule has 0 aliphatic rings. The summed E-state index contributed by atoms with van der Waals surface area (Å²) < 4.78 is 0. The average molecular weight is 149 g/mol. The zero-order valence-electron chi connectivity index (χ0n) is 6.80. The Balaban J connectivity index is 2.56. The highest BCUT2D eigenvalue weighted by atomic mass is 16.3. The van der Waals surface area contributed by atoms with E-state index in [4.69, 9.17) is 5.11 Å². The van der Waals surface area contributed by atoms with E-state index in [2.05, 4.69) is 13.0 Å². The van der Waals surface area contributed by atoms with Crippen LogP contribution in [-0.4, -0.2) is 5.11 Å². The maximum absolute atomic E-state index is 9.08. The van der Waals surface area contributed by atoms with Crippen molar-refractivity contribution in [1.82, 2.24) is 0 Å². The molecule has 0 atom stereocenters. The van der Waals surface area contributed by atoms with Crippen LogP contribution < -0.4 is 0 Å². The van der Waals surface area contributed by atoms with Gasteiger partial charge in [0.05, 0.1) is 0 Å². The first kappa shape index (κ1) is 8.12. The molecule has 0 heterocycles. The number of hydrogen-bond acceptors (Lipinski definition) is 1. The van der Waals surface area contributed by atoms with E-state index >= 15 is 0 Å². The summed E-state index contributed by atoms with van der Waals surface area (Å²) in [6.45, 7) is 2.16. The van der Waals surface area contributed by atoms with E-state index in [1.165, 1.54) is 18.4 Å². The van der Waals surface area contributed by atoms with Crippen LogP contribution in [0.3, 0.4) is 0 Å². The third-order valence-corrected chi connectivity index (χ3v) is 1.65. The van der Waals surface area contributed by atoms with Crippen molar-refractivity contribution in [3.8, 4) is 5.75 Å². The smallest absolute Gasteiger partial charge is 0.116 e. The van der Waals surface area contributed by atoms with Gasteiger partial charge < -0.3 is 5.11 Å². The number of aryl methyl sites for hydroxylation is 1.